The molecule has 1 fully saturated rings. The number of carbonyl (C=O) groups excluding carboxylic acids is 1. The van der Waals surface area contributed by atoms with Crippen LogP contribution in [0.5, 0.6) is 5.75 Å². The molecule has 1 heterocycles. The summed E-state index contributed by atoms with van der Waals surface area (Å²) in [6.45, 7) is 5.06. The molecule has 0 aromatic heterocycles. The summed E-state index contributed by atoms with van der Waals surface area (Å²) in [4.78, 5) is 14.2. The minimum Gasteiger partial charge on any atom is -0.491 e. The molecule has 0 aliphatic carbocycles. The molecule has 0 unspecified atom stereocenters. The fourth-order valence-corrected chi connectivity index (χ4v) is 4.65. The summed E-state index contributed by atoms with van der Waals surface area (Å²) in [5.74, 6) is 0.212. The van der Waals surface area contributed by atoms with Crippen molar-refractivity contribution in [2.45, 2.75) is 18.2 Å². The maximum atomic E-state index is 13.0. The number of ether oxygens (including phenoxy) is 1. The number of sulfonamides is 1. The van der Waals surface area contributed by atoms with Gasteiger partial charge in [-0.3, -0.25) is 4.79 Å². The molecule has 29 heavy (non-hydrogen) atoms. The van der Waals surface area contributed by atoms with Crippen LogP contribution >= 0.6 is 0 Å². The maximum absolute atomic E-state index is 13.0. The highest BCUT2D eigenvalue weighted by molar-refractivity contribution is 7.89. The van der Waals surface area contributed by atoms with E-state index in [1.165, 1.54) is 21.3 Å². The Morgan fingerprint density at radius 2 is 1.86 bits per heavy atom. The van der Waals surface area contributed by atoms with Crippen LogP contribution in [0, 0.1) is 0 Å². The summed E-state index contributed by atoms with van der Waals surface area (Å²) in [5, 5.41) is 2.82. The van der Waals surface area contributed by atoms with Crippen molar-refractivity contribution >= 4 is 21.6 Å². The highest BCUT2D eigenvalue weighted by Gasteiger charge is 2.29. The van der Waals surface area contributed by atoms with Gasteiger partial charge in [-0.2, -0.15) is 4.31 Å². The number of hydrogen-bond donors (Lipinski definition) is 2. The summed E-state index contributed by atoms with van der Waals surface area (Å²) in [7, 11) is -1.57. The number of hydrogen-bond acceptors (Lipinski definition) is 4. The SMILES string of the molecule is CCCOc1ccccc1NC(=O)c1cccc(S(=O)(=O)N2CC[NH+](C)CC2)c1. The van der Waals surface area contributed by atoms with E-state index in [9.17, 15) is 13.2 Å². The van der Waals surface area contributed by atoms with Crippen LogP contribution in [0.2, 0.25) is 0 Å². The van der Waals surface area contributed by atoms with Crippen molar-refractivity contribution < 1.29 is 22.8 Å². The lowest BCUT2D eigenvalue weighted by atomic mass is 10.2. The number of quaternary nitrogens is 1. The molecule has 7 nitrogen and oxygen atoms in total. The summed E-state index contributed by atoms with van der Waals surface area (Å²) >= 11 is 0. The van der Waals surface area contributed by atoms with Gasteiger partial charge >= 0.3 is 0 Å². The van der Waals surface area contributed by atoms with Crippen molar-refractivity contribution in [1.29, 1.82) is 0 Å². The molecule has 3 rings (SSSR count). The molecule has 0 saturated carbocycles. The Morgan fingerprint density at radius 3 is 2.59 bits per heavy atom. The zero-order chi connectivity index (χ0) is 20.9. The summed E-state index contributed by atoms with van der Waals surface area (Å²) in [6.07, 6.45) is 0.857. The minimum absolute atomic E-state index is 0.139. The van der Waals surface area contributed by atoms with Crippen LogP contribution in [-0.2, 0) is 10.0 Å². The molecule has 156 valence electrons. The first-order valence-electron chi connectivity index (χ1n) is 9.86. The average Bonchev–Trinajstić information content (AvgIpc) is 2.73. The fourth-order valence-electron chi connectivity index (χ4n) is 3.16. The van der Waals surface area contributed by atoms with Crippen molar-refractivity contribution in [3.63, 3.8) is 0 Å². The van der Waals surface area contributed by atoms with E-state index in [0.29, 0.717) is 31.1 Å². The first-order chi connectivity index (χ1) is 13.9. The Morgan fingerprint density at radius 1 is 1.14 bits per heavy atom. The van der Waals surface area contributed by atoms with Gasteiger partial charge in [-0.1, -0.05) is 25.1 Å². The molecule has 0 atom stereocenters. The van der Waals surface area contributed by atoms with Gasteiger partial charge < -0.3 is 15.0 Å². The second-order valence-corrected chi connectivity index (χ2v) is 9.13. The maximum Gasteiger partial charge on any atom is 0.255 e. The van der Waals surface area contributed by atoms with Crippen LogP contribution in [0.4, 0.5) is 5.69 Å². The molecule has 1 amide bonds. The van der Waals surface area contributed by atoms with Crippen LogP contribution in [0.15, 0.2) is 53.4 Å². The quantitative estimate of drug-likeness (QED) is 0.709. The highest BCUT2D eigenvalue weighted by atomic mass is 32.2. The number of piperazine rings is 1. The van der Waals surface area contributed by atoms with Gasteiger partial charge in [-0.25, -0.2) is 8.42 Å². The van der Waals surface area contributed by atoms with Crippen LogP contribution in [0.25, 0.3) is 0 Å². The number of rotatable bonds is 7. The van der Waals surface area contributed by atoms with E-state index in [2.05, 4.69) is 12.4 Å². The Labute approximate surface area is 172 Å². The third-order valence-electron chi connectivity index (χ3n) is 4.91. The number of para-hydroxylation sites is 2. The normalized spacial score (nSPS) is 15.8. The second kappa shape index (κ2) is 9.39. The fraction of sp³-hybridized carbons (Fsp3) is 0.381. The third kappa shape index (κ3) is 5.14. The van der Waals surface area contributed by atoms with Crippen LogP contribution < -0.4 is 15.0 Å². The second-order valence-electron chi connectivity index (χ2n) is 7.19. The van der Waals surface area contributed by atoms with Crippen molar-refractivity contribution in [2.24, 2.45) is 0 Å². The van der Waals surface area contributed by atoms with Crippen LogP contribution in [-0.4, -0.2) is 58.5 Å². The van der Waals surface area contributed by atoms with E-state index >= 15 is 0 Å². The van der Waals surface area contributed by atoms with Gasteiger partial charge in [0, 0.05) is 5.56 Å². The van der Waals surface area contributed by atoms with Gasteiger partial charge in [0.25, 0.3) is 5.91 Å². The zero-order valence-corrected chi connectivity index (χ0v) is 17.7. The van der Waals surface area contributed by atoms with Gasteiger partial charge in [0.2, 0.25) is 10.0 Å². The van der Waals surface area contributed by atoms with Crippen molar-refractivity contribution in [1.82, 2.24) is 4.31 Å². The standard InChI is InChI=1S/C21H27N3O4S/c1-3-15-28-20-10-5-4-9-19(20)22-21(25)17-7-6-8-18(16-17)29(26,27)24-13-11-23(2)12-14-24/h4-10,16H,3,11-15H2,1-2H3,(H,22,25)/p+1. The van der Waals surface area contributed by atoms with Gasteiger partial charge in [-0.05, 0) is 36.8 Å². The molecule has 2 N–H and O–H groups in total. The summed E-state index contributed by atoms with van der Waals surface area (Å²) in [6, 6.07) is 13.4. The minimum atomic E-state index is -3.62. The smallest absolute Gasteiger partial charge is 0.255 e. The third-order valence-corrected chi connectivity index (χ3v) is 6.80. The molecule has 0 bridgehead atoms. The number of likely N-dealkylation sites (N-methyl/N-ethyl adjacent to an activating group) is 1. The molecular weight excluding hydrogens is 390 g/mol. The summed E-state index contributed by atoms with van der Waals surface area (Å²) < 4.78 is 33.1. The largest absolute Gasteiger partial charge is 0.491 e. The van der Waals surface area contributed by atoms with E-state index in [1.807, 2.05) is 19.1 Å². The number of anilines is 1. The lowest BCUT2D eigenvalue weighted by molar-refractivity contribution is -0.883. The molecule has 0 radical (unpaired) electrons. The highest BCUT2D eigenvalue weighted by Crippen LogP contribution is 2.25. The van der Waals surface area contributed by atoms with E-state index < -0.39 is 10.0 Å². The monoisotopic (exact) mass is 418 g/mol. The number of benzene rings is 2. The average molecular weight is 419 g/mol. The first kappa shape index (κ1) is 21.3. The number of nitrogens with zero attached hydrogens (tertiary/aromatic N) is 1. The van der Waals surface area contributed by atoms with E-state index in [1.54, 1.807) is 24.3 Å². The Bertz CT molecular complexity index is 954. The molecule has 0 spiro atoms. The molecule has 1 saturated heterocycles. The Balaban J connectivity index is 1.78. The van der Waals surface area contributed by atoms with Gasteiger partial charge in [0.1, 0.15) is 5.75 Å². The van der Waals surface area contributed by atoms with E-state index in [4.69, 9.17) is 4.74 Å². The lowest BCUT2D eigenvalue weighted by Crippen LogP contribution is -3.12. The Hall–Kier alpha value is -2.42. The predicted octanol–water partition coefficient (Wildman–Crippen LogP) is 1.25. The van der Waals surface area contributed by atoms with Crippen molar-refractivity contribution in [3.05, 3.63) is 54.1 Å². The van der Waals surface area contributed by atoms with E-state index in [-0.39, 0.29) is 16.4 Å². The molecular formula is C21H28N3O4S+. The molecule has 1 aliphatic rings. The van der Waals surface area contributed by atoms with Gasteiger partial charge in [0.05, 0.1) is 50.4 Å². The van der Waals surface area contributed by atoms with Gasteiger partial charge in [0.15, 0.2) is 0 Å². The lowest BCUT2D eigenvalue weighted by Gasteiger charge is -2.29. The van der Waals surface area contributed by atoms with Gasteiger partial charge in [-0.15, -0.1) is 0 Å². The van der Waals surface area contributed by atoms with Crippen LogP contribution in [0.1, 0.15) is 23.7 Å². The van der Waals surface area contributed by atoms with Crippen LogP contribution in [0.3, 0.4) is 0 Å². The number of carbonyl (C=O) groups is 1. The topological polar surface area (TPSA) is 80.1 Å². The molecule has 1 aliphatic heterocycles. The number of nitrogens with one attached hydrogen (secondary N) is 2. The van der Waals surface area contributed by atoms with Crippen molar-refractivity contribution in [2.75, 3.05) is 45.2 Å². The zero-order valence-electron chi connectivity index (χ0n) is 16.8. The first-order valence-corrected chi connectivity index (χ1v) is 11.3. The Kier molecular flexibility index (Phi) is 6.89. The molecule has 2 aromatic rings. The summed E-state index contributed by atoms with van der Waals surface area (Å²) in [5.41, 5.74) is 0.845. The predicted molar refractivity (Wildman–Crippen MR) is 112 cm³/mol. The van der Waals surface area contributed by atoms with Crippen molar-refractivity contribution in [3.8, 4) is 5.75 Å². The van der Waals surface area contributed by atoms with E-state index in [0.717, 1.165) is 19.5 Å². The molecule has 8 heteroatoms. The molecule has 2 aromatic carbocycles. The number of amides is 1.